The third kappa shape index (κ3) is 4.81. The normalized spacial score (nSPS) is 16.1. The second-order valence-electron chi connectivity index (χ2n) is 8.07. The van der Waals surface area contributed by atoms with Gasteiger partial charge in [0.2, 0.25) is 5.89 Å². The standard InChI is InChI=1S/C24H21F5N4O3/c1-33(11-12-3-4-13(25)9-16(12)26)23(34)21-18(10-30)36-22(32-21)15-5-7-17(35-2)20-14(15)6-8-19(31-20)24(27,28)29/h3-8,13H,9-11,30H2,1-2H3. The van der Waals surface area contributed by atoms with Crippen molar-refractivity contribution < 1.29 is 35.9 Å². The smallest absolute Gasteiger partial charge is 0.433 e. The first-order chi connectivity index (χ1) is 17.0. The Morgan fingerprint density at radius 1 is 1.25 bits per heavy atom. The van der Waals surface area contributed by atoms with Crippen LogP contribution in [0.3, 0.4) is 0 Å². The largest absolute Gasteiger partial charge is 0.494 e. The maximum atomic E-state index is 14.1. The van der Waals surface area contributed by atoms with Crippen molar-refractivity contribution in [3.63, 3.8) is 0 Å². The van der Waals surface area contributed by atoms with Gasteiger partial charge in [0.05, 0.1) is 13.7 Å². The molecule has 190 valence electrons. The second kappa shape index (κ2) is 9.69. The number of rotatable bonds is 6. The third-order valence-corrected chi connectivity index (χ3v) is 5.63. The Labute approximate surface area is 202 Å². The SMILES string of the molecule is COc1ccc(-c2nc(C(=O)N(C)CC3=C(F)CC(F)C=C3)c(CN)o2)c2ccc(C(F)(F)F)nc12. The minimum Gasteiger partial charge on any atom is -0.494 e. The van der Waals surface area contributed by atoms with Gasteiger partial charge in [0.1, 0.15) is 29.0 Å². The first kappa shape index (κ1) is 25.3. The summed E-state index contributed by atoms with van der Waals surface area (Å²) in [6, 6.07) is 4.96. The minimum atomic E-state index is -4.66. The molecule has 0 radical (unpaired) electrons. The zero-order valence-corrected chi connectivity index (χ0v) is 19.2. The Morgan fingerprint density at radius 2 is 2.00 bits per heavy atom. The number of carbonyl (C=O) groups is 1. The van der Waals surface area contributed by atoms with Gasteiger partial charge in [-0.05, 0) is 30.3 Å². The molecule has 12 heteroatoms. The Balaban J connectivity index is 1.72. The van der Waals surface area contributed by atoms with Crippen LogP contribution in [0.4, 0.5) is 22.0 Å². The summed E-state index contributed by atoms with van der Waals surface area (Å²) in [6.07, 6.45) is -3.98. The molecule has 1 atom stereocenters. The van der Waals surface area contributed by atoms with E-state index in [2.05, 4.69) is 9.97 Å². The highest BCUT2D eigenvalue weighted by Crippen LogP contribution is 2.37. The van der Waals surface area contributed by atoms with Gasteiger partial charge in [-0.15, -0.1) is 0 Å². The second-order valence-corrected chi connectivity index (χ2v) is 8.07. The molecule has 1 aliphatic rings. The summed E-state index contributed by atoms with van der Waals surface area (Å²) in [5, 5.41) is 0.250. The molecule has 7 nitrogen and oxygen atoms in total. The molecule has 2 heterocycles. The number of carbonyl (C=O) groups excluding carboxylic acids is 1. The van der Waals surface area contributed by atoms with Gasteiger partial charge in [0.15, 0.2) is 11.5 Å². The summed E-state index contributed by atoms with van der Waals surface area (Å²) >= 11 is 0. The van der Waals surface area contributed by atoms with Gasteiger partial charge in [-0.1, -0.05) is 6.08 Å². The van der Waals surface area contributed by atoms with Crippen LogP contribution in [-0.4, -0.2) is 47.6 Å². The lowest BCUT2D eigenvalue weighted by molar-refractivity contribution is -0.140. The van der Waals surface area contributed by atoms with Gasteiger partial charge in [-0.25, -0.2) is 18.7 Å². The number of fused-ring (bicyclic) bond motifs is 1. The van der Waals surface area contributed by atoms with Crippen LogP contribution < -0.4 is 10.5 Å². The number of halogens is 5. The first-order valence-electron chi connectivity index (χ1n) is 10.7. The molecule has 0 spiro atoms. The van der Waals surface area contributed by atoms with E-state index in [0.29, 0.717) is 0 Å². The number of nitrogens with two attached hydrogens (primary N) is 1. The summed E-state index contributed by atoms with van der Waals surface area (Å²) in [5.74, 6) is -1.21. The zero-order chi connectivity index (χ0) is 26.2. The number of alkyl halides is 4. The Morgan fingerprint density at radius 3 is 2.64 bits per heavy atom. The molecule has 0 saturated carbocycles. The molecule has 1 aliphatic carbocycles. The van der Waals surface area contributed by atoms with Crippen LogP contribution >= 0.6 is 0 Å². The molecule has 3 aromatic rings. The molecule has 36 heavy (non-hydrogen) atoms. The molecular formula is C24H21F5N4O3. The summed E-state index contributed by atoms with van der Waals surface area (Å²) in [4.78, 5) is 22.2. The first-order valence-corrected chi connectivity index (χ1v) is 10.7. The van der Waals surface area contributed by atoms with Crippen LogP contribution in [0, 0.1) is 0 Å². The van der Waals surface area contributed by atoms with Gasteiger partial charge in [-0.2, -0.15) is 13.2 Å². The fourth-order valence-electron chi connectivity index (χ4n) is 3.80. The summed E-state index contributed by atoms with van der Waals surface area (Å²) in [5.41, 5.74) is 4.86. The molecule has 1 unspecified atom stereocenters. The number of aromatic nitrogens is 2. The maximum Gasteiger partial charge on any atom is 0.433 e. The van der Waals surface area contributed by atoms with E-state index in [1.54, 1.807) is 0 Å². The number of oxazole rings is 1. The number of ether oxygens (including phenoxy) is 1. The lowest BCUT2D eigenvalue weighted by Gasteiger charge is -2.19. The van der Waals surface area contributed by atoms with Crippen molar-refractivity contribution in [2.24, 2.45) is 5.73 Å². The van der Waals surface area contributed by atoms with Crippen molar-refractivity contribution in [3.05, 3.63) is 65.0 Å². The number of methoxy groups -OCH3 is 1. The topological polar surface area (TPSA) is 94.5 Å². The third-order valence-electron chi connectivity index (χ3n) is 5.63. The highest BCUT2D eigenvalue weighted by Gasteiger charge is 2.33. The number of hydrogen-bond donors (Lipinski definition) is 1. The van der Waals surface area contributed by atoms with E-state index in [9.17, 15) is 26.7 Å². The van der Waals surface area contributed by atoms with Crippen LogP contribution in [0.1, 0.15) is 28.4 Å². The average Bonchev–Trinajstić information content (AvgIpc) is 3.27. The van der Waals surface area contributed by atoms with Crippen molar-refractivity contribution in [2.45, 2.75) is 25.3 Å². The van der Waals surface area contributed by atoms with E-state index in [4.69, 9.17) is 14.9 Å². The molecular weight excluding hydrogens is 487 g/mol. The molecule has 0 fully saturated rings. The van der Waals surface area contributed by atoms with Crippen LogP contribution in [0.5, 0.6) is 5.75 Å². The highest BCUT2D eigenvalue weighted by molar-refractivity contribution is 5.98. The van der Waals surface area contributed by atoms with E-state index < -0.39 is 36.2 Å². The molecule has 0 bridgehead atoms. The summed E-state index contributed by atoms with van der Waals surface area (Å²) in [7, 11) is 2.71. The van der Waals surface area contributed by atoms with Gasteiger partial charge < -0.3 is 19.8 Å². The van der Waals surface area contributed by atoms with Crippen molar-refractivity contribution in [1.82, 2.24) is 14.9 Å². The predicted octanol–water partition coefficient (Wildman–Crippen LogP) is 4.97. The molecule has 0 saturated heterocycles. The van der Waals surface area contributed by atoms with Crippen LogP contribution in [-0.2, 0) is 12.7 Å². The van der Waals surface area contributed by atoms with E-state index in [-0.39, 0.29) is 58.2 Å². The van der Waals surface area contributed by atoms with E-state index in [1.807, 2.05) is 0 Å². The Hall–Kier alpha value is -3.80. The van der Waals surface area contributed by atoms with Crippen molar-refractivity contribution in [2.75, 3.05) is 20.7 Å². The molecule has 1 aromatic carbocycles. The van der Waals surface area contributed by atoms with E-state index in [1.165, 1.54) is 49.4 Å². The van der Waals surface area contributed by atoms with Crippen molar-refractivity contribution >= 4 is 16.8 Å². The minimum absolute atomic E-state index is 0.0307. The number of likely N-dealkylation sites (N-methyl/N-ethyl adjacent to an activating group) is 1. The summed E-state index contributed by atoms with van der Waals surface area (Å²) in [6.45, 7) is -0.345. The maximum absolute atomic E-state index is 14.1. The number of pyridine rings is 1. The van der Waals surface area contributed by atoms with Crippen molar-refractivity contribution in [3.8, 4) is 17.2 Å². The predicted molar refractivity (Wildman–Crippen MR) is 120 cm³/mol. The van der Waals surface area contributed by atoms with Gasteiger partial charge >= 0.3 is 6.18 Å². The van der Waals surface area contributed by atoms with Gasteiger partial charge in [0, 0.05) is 36.5 Å². The highest BCUT2D eigenvalue weighted by atomic mass is 19.4. The Kier molecular flexibility index (Phi) is 6.81. The number of nitrogens with zero attached hydrogens (tertiary/aromatic N) is 3. The number of allylic oxidation sites excluding steroid dienone is 2. The van der Waals surface area contributed by atoms with Gasteiger partial charge in [0.25, 0.3) is 5.91 Å². The number of amides is 1. The van der Waals surface area contributed by atoms with Crippen molar-refractivity contribution in [1.29, 1.82) is 0 Å². The van der Waals surface area contributed by atoms with Crippen LogP contribution in [0.25, 0.3) is 22.4 Å². The Bertz CT molecular complexity index is 1380. The lowest BCUT2D eigenvalue weighted by atomic mass is 10.0. The molecule has 2 N–H and O–H groups in total. The zero-order valence-electron chi connectivity index (χ0n) is 19.2. The number of benzene rings is 1. The molecule has 2 aromatic heterocycles. The fourth-order valence-corrected chi connectivity index (χ4v) is 3.80. The molecule has 0 aliphatic heterocycles. The average molecular weight is 508 g/mol. The monoisotopic (exact) mass is 508 g/mol. The quantitative estimate of drug-likeness (QED) is 0.473. The fraction of sp³-hybridized carbons (Fsp3) is 0.292. The van der Waals surface area contributed by atoms with E-state index >= 15 is 0 Å². The molecule has 4 rings (SSSR count). The summed E-state index contributed by atoms with van der Waals surface area (Å²) < 4.78 is 78.0. The van der Waals surface area contributed by atoms with Crippen LogP contribution in [0.2, 0.25) is 0 Å². The lowest BCUT2D eigenvalue weighted by Crippen LogP contribution is -2.30. The number of hydrogen-bond acceptors (Lipinski definition) is 6. The van der Waals surface area contributed by atoms with Crippen LogP contribution in [0.15, 0.2) is 52.2 Å². The van der Waals surface area contributed by atoms with Gasteiger partial charge in [-0.3, -0.25) is 4.79 Å². The van der Waals surface area contributed by atoms with E-state index in [0.717, 1.165) is 6.07 Å². The molecule has 1 amide bonds.